The molecule has 0 heterocycles. The summed E-state index contributed by atoms with van der Waals surface area (Å²) in [5.41, 5.74) is 0. The van der Waals surface area contributed by atoms with Gasteiger partial charge in [-0.3, -0.25) is 4.79 Å². The highest BCUT2D eigenvalue weighted by molar-refractivity contribution is 7.82. The molecule has 1 N–H and O–H groups in total. The first-order valence-corrected chi connectivity index (χ1v) is 11.3. The molecule has 0 fully saturated rings. The maximum Gasteiger partial charge on any atom is 0.319 e. The number of unbranched alkanes of at least 4 members (excludes halogenated alkanes) is 13. The molecule has 0 saturated carbocycles. The highest BCUT2D eigenvalue weighted by Crippen LogP contribution is 2.30. The number of carboxylic acid groups (broad SMARTS) is 1. The van der Waals surface area contributed by atoms with Crippen molar-refractivity contribution >= 4 is 18.6 Å². The Hall–Kier alpha value is -0.180. The van der Waals surface area contributed by atoms with Crippen LogP contribution in [0, 0.1) is 5.92 Å². The molecule has 2 nitrogen and oxygen atoms in total. The van der Waals surface area contributed by atoms with Crippen LogP contribution >= 0.6 is 12.6 Å². The Morgan fingerprint density at radius 1 is 0.800 bits per heavy atom. The molecule has 0 rings (SSSR count). The molecule has 0 aromatic rings. The van der Waals surface area contributed by atoms with Crippen molar-refractivity contribution in [3.8, 4) is 0 Å². The van der Waals surface area contributed by atoms with Crippen molar-refractivity contribution in [2.45, 2.75) is 128 Å². The van der Waals surface area contributed by atoms with Gasteiger partial charge in [-0.15, -0.1) is 0 Å². The molecule has 0 spiro atoms. The summed E-state index contributed by atoms with van der Waals surface area (Å²) >= 11 is 4.47. The lowest BCUT2D eigenvalue weighted by molar-refractivity contribution is -0.140. The van der Waals surface area contributed by atoms with Gasteiger partial charge >= 0.3 is 5.97 Å². The lowest BCUT2D eigenvalue weighted by Gasteiger charge is -2.25. The van der Waals surface area contributed by atoms with Crippen molar-refractivity contribution in [3.63, 3.8) is 0 Å². The Bertz CT molecular complexity index is 317. The van der Waals surface area contributed by atoms with Gasteiger partial charge in [-0.05, 0) is 18.8 Å². The molecule has 0 radical (unpaired) electrons. The second-order valence-electron chi connectivity index (χ2n) is 8.28. The van der Waals surface area contributed by atoms with Gasteiger partial charge in [0.15, 0.2) is 0 Å². The van der Waals surface area contributed by atoms with Gasteiger partial charge in [-0.2, -0.15) is 12.6 Å². The predicted molar refractivity (Wildman–Crippen MR) is 114 cm³/mol. The Kier molecular flexibility index (Phi) is 15.9. The molecule has 0 aromatic heterocycles. The van der Waals surface area contributed by atoms with E-state index in [1.54, 1.807) is 0 Å². The fourth-order valence-corrected chi connectivity index (χ4v) is 4.11. The van der Waals surface area contributed by atoms with E-state index in [1.807, 2.05) is 0 Å². The molecule has 1 atom stereocenters. The third-order valence-electron chi connectivity index (χ3n) is 5.09. The Balaban J connectivity index is 3.44. The Labute approximate surface area is 163 Å². The van der Waals surface area contributed by atoms with Crippen LogP contribution in [0.4, 0.5) is 0 Å². The second-order valence-corrected chi connectivity index (χ2v) is 9.14. The zero-order valence-electron chi connectivity index (χ0n) is 17.2. The predicted octanol–water partition coefficient (Wildman–Crippen LogP) is 7.66. The number of aliphatic carboxylic acids is 1. The summed E-state index contributed by atoms with van der Waals surface area (Å²) in [7, 11) is 0. The molecular formula is C22H44O2S. The van der Waals surface area contributed by atoms with Crippen LogP contribution in [0.15, 0.2) is 0 Å². The maximum absolute atomic E-state index is 11.4. The fraction of sp³-hybridized carbons (Fsp3) is 0.955. The van der Waals surface area contributed by atoms with Crippen LogP contribution in [0.2, 0.25) is 0 Å². The largest absolute Gasteiger partial charge is 0.480 e. The summed E-state index contributed by atoms with van der Waals surface area (Å²) in [6.45, 7) is 6.41. The monoisotopic (exact) mass is 372 g/mol. The van der Waals surface area contributed by atoms with Crippen molar-refractivity contribution in [2.24, 2.45) is 5.92 Å². The van der Waals surface area contributed by atoms with E-state index in [1.165, 1.54) is 77.0 Å². The minimum atomic E-state index is -0.828. The summed E-state index contributed by atoms with van der Waals surface area (Å²) in [6.07, 6.45) is 19.9. The summed E-state index contributed by atoms with van der Waals surface area (Å²) < 4.78 is -0.828. The van der Waals surface area contributed by atoms with E-state index in [4.69, 9.17) is 0 Å². The molecule has 0 amide bonds. The van der Waals surface area contributed by atoms with Crippen molar-refractivity contribution in [3.05, 3.63) is 0 Å². The van der Waals surface area contributed by atoms with Crippen LogP contribution in [0.5, 0.6) is 0 Å². The zero-order chi connectivity index (χ0) is 19.0. The SMILES string of the molecule is CCCCCCCCCCCCCCCCC(S)(CC(C)C)C(=O)O. The quantitative estimate of drug-likeness (QED) is 0.191. The van der Waals surface area contributed by atoms with Crippen molar-refractivity contribution < 1.29 is 9.90 Å². The van der Waals surface area contributed by atoms with Crippen LogP contribution in [0.25, 0.3) is 0 Å². The van der Waals surface area contributed by atoms with E-state index in [9.17, 15) is 9.90 Å². The van der Waals surface area contributed by atoms with E-state index in [-0.39, 0.29) is 0 Å². The highest BCUT2D eigenvalue weighted by Gasteiger charge is 2.34. The summed E-state index contributed by atoms with van der Waals surface area (Å²) in [6, 6.07) is 0. The van der Waals surface area contributed by atoms with Crippen LogP contribution in [-0.2, 0) is 4.79 Å². The second kappa shape index (κ2) is 16.0. The first-order valence-electron chi connectivity index (χ1n) is 10.9. The molecule has 3 heteroatoms. The summed E-state index contributed by atoms with van der Waals surface area (Å²) in [5, 5.41) is 9.41. The number of rotatable bonds is 18. The van der Waals surface area contributed by atoms with Crippen LogP contribution < -0.4 is 0 Å². The van der Waals surface area contributed by atoms with Gasteiger partial charge in [0.25, 0.3) is 0 Å². The molecule has 150 valence electrons. The molecule has 0 aliphatic heterocycles. The minimum Gasteiger partial charge on any atom is -0.480 e. The molecule has 0 bridgehead atoms. The van der Waals surface area contributed by atoms with Gasteiger partial charge in [-0.25, -0.2) is 0 Å². The average molecular weight is 373 g/mol. The average Bonchev–Trinajstić information content (AvgIpc) is 2.54. The number of thiol groups is 1. The number of carboxylic acids is 1. The molecule has 0 saturated heterocycles. The first-order chi connectivity index (χ1) is 11.9. The molecule has 25 heavy (non-hydrogen) atoms. The van der Waals surface area contributed by atoms with E-state index < -0.39 is 10.7 Å². The van der Waals surface area contributed by atoms with Gasteiger partial charge in [0.1, 0.15) is 4.75 Å². The Morgan fingerprint density at radius 3 is 1.48 bits per heavy atom. The Morgan fingerprint density at radius 2 is 1.16 bits per heavy atom. The molecule has 1 unspecified atom stereocenters. The topological polar surface area (TPSA) is 37.3 Å². The third-order valence-corrected chi connectivity index (χ3v) is 5.69. The van der Waals surface area contributed by atoms with Gasteiger partial charge in [0.2, 0.25) is 0 Å². The van der Waals surface area contributed by atoms with Gasteiger partial charge in [0, 0.05) is 0 Å². The van der Waals surface area contributed by atoms with E-state index >= 15 is 0 Å². The molecule has 0 aromatic carbocycles. The number of hydrogen-bond donors (Lipinski definition) is 2. The highest BCUT2D eigenvalue weighted by atomic mass is 32.1. The number of hydrogen-bond acceptors (Lipinski definition) is 2. The van der Waals surface area contributed by atoms with Crippen molar-refractivity contribution in [2.75, 3.05) is 0 Å². The van der Waals surface area contributed by atoms with Crippen LogP contribution in [0.3, 0.4) is 0 Å². The molecule has 0 aliphatic carbocycles. The maximum atomic E-state index is 11.4. The zero-order valence-corrected chi connectivity index (χ0v) is 18.1. The third kappa shape index (κ3) is 14.7. The standard InChI is InChI=1S/C22H44O2S/c1-4-5-6-7-8-9-10-11-12-13-14-15-16-17-18-22(25,21(23)24)19-20(2)3/h20,25H,4-19H2,1-3H3,(H,23,24). The molecular weight excluding hydrogens is 328 g/mol. The fourth-order valence-electron chi connectivity index (χ4n) is 3.58. The van der Waals surface area contributed by atoms with Gasteiger partial charge in [-0.1, -0.05) is 111 Å². The lowest BCUT2D eigenvalue weighted by Crippen LogP contribution is -2.34. The minimum absolute atomic E-state index is 0.375. The first kappa shape index (κ1) is 24.8. The van der Waals surface area contributed by atoms with E-state index in [2.05, 4.69) is 33.4 Å². The van der Waals surface area contributed by atoms with Crippen molar-refractivity contribution in [1.82, 2.24) is 0 Å². The van der Waals surface area contributed by atoms with Crippen LogP contribution in [0.1, 0.15) is 124 Å². The smallest absolute Gasteiger partial charge is 0.319 e. The summed E-state index contributed by atoms with van der Waals surface area (Å²) in [4.78, 5) is 11.4. The van der Waals surface area contributed by atoms with Gasteiger partial charge in [0.05, 0.1) is 0 Å². The summed E-state index contributed by atoms with van der Waals surface area (Å²) in [5.74, 6) is -0.375. The van der Waals surface area contributed by atoms with E-state index in [0.717, 1.165) is 12.8 Å². The van der Waals surface area contributed by atoms with Crippen molar-refractivity contribution in [1.29, 1.82) is 0 Å². The normalized spacial score (nSPS) is 14.0. The van der Waals surface area contributed by atoms with Gasteiger partial charge < -0.3 is 5.11 Å². The van der Waals surface area contributed by atoms with Crippen LogP contribution in [-0.4, -0.2) is 15.8 Å². The van der Waals surface area contributed by atoms with E-state index in [0.29, 0.717) is 18.8 Å². The number of carbonyl (C=O) groups is 1. The molecule has 0 aliphatic rings. The lowest BCUT2D eigenvalue weighted by atomic mass is 9.90.